The number of benzene rings is 2. The predicted molar refractivity (Wildman–Crippen MR) is 129 cm³/mol. The summed E-state index contributed by atoms with van der Waals surface area (Å²) in [7, 11) is 0. The van der Waals surface area contributed by atoms with Gasteiger partial charge in [0.15, 0.2) is 11.5 Å². The van der Waals surface area contributed by atoms with Crippen molar-refractivity contribution >= 4 is 12.0 Å². The molecule has 0 aliphatic heterocycles. The van der Waals surface area contributed by atoms with E-state index < -0.39 is 5.60 Å². The molecule has 0 aromatic heterocycles. The van der Waals surface area contributed by atoms with E-state index in [1.165, 1.54) is 29.3 Å². The summed E-state index contributed by atoms with van der Waals surface area (Å²) in [5, 5.41) is 43.5. The van der Waals surface area contributed by atoms with Gasteiger partial charge in [-0.25, -0.2) is 0 Å². The van der Waals surface area contributed by atoms with Crippen molar-refractivity contribution in [2.45, 2.75) is 57.0 Å². The molecule has 5 rings (SSSR count). The number of aliphatic hydroxyl groups is 1. The first-order valence-electron chi connectivity index (χ1n) is 12.2. The third-order valence-corrected chi connectivity index (χ3v) is 9.01. The van der Waals surface area contributed by atoms with E-state index in [0.29, 0.717) is 35.5 Å². The molecule has 2 aromatic carbocycles. The second-order valence-electron chi connectivity index (χ2n) is 10.6. The van der Waals surface area contributed by atoms with Crippen molar-refractivity contribution in [1.82, 2.24) is 5.32 Å². The maximum atomic E-state index is 12.5. The van der Waals surface area contributed by atoms with Crippen LogP contribution in [0.2, 0.25) is 0 Å². The molecule has 3 aliphatic carbocycles. The topological polar surface area (TPSA) is 110 Å². The molecule has 0 spiro atoms. The number of hydrogen-bond acceptors (Lipinski definition) is 5. The quantitative estimate of drug-likeness (QED) is 0.345. The molecule has 3 aliphatic rings. The highest BCUT2D eigenvalue weighted by atomic mass is 16.3. The Hall–Kier alpha value is -2.99. The van der Waals surface area contributed by atoms with Gasteiger partial charge in [0.05, 0.1) is 5.60 Å². The number of fused-ring (bicyclic) bond motifs is 5. The third kappa shape index (κ3) is 3.74. The van der Waals surface area contributed by atoms with E-state index in [0.717, 1.165) is 32.1 Å². The van der Waals surface area contributed by atoms with Gasteiger partial charge in [-0.05, 0) is 103 Å². The maximum absolute atomic E-state index is 12.5. The maximum Gasteiger partial charge on any atom is 0.244 e. The minimum absolute atomic E-state index is 0.206. The number of carbonyl (C=O) groups excluding carboxylic acids is 1. The van der Waals surface area contributed by atoms with Gasteiger partial charge in [0.2, 0.25) is 5.91 Å². The molecule has 180 valence electrons. The highest BCUT2D eigenvalue weighted by molar-refractivity contribution is 5.91. The Kier molecular flexibility index (Phi) is 5.59. The molecular formula is C28H33NO5. The zero-order valence-corrected chi connectivity index (χ0v) is 19.5. The average Bonchev–Trinajstić information content (AvgIpc) is 3.09. The molecule has 1 amide bonds. The fraction of sp³-hybridized carbons (Fsp3) is 0.464. The summed E-state index contributed by atoms with van der Waals surface area (Å²) >= 11 is 0. The van der Waals surface area contributed by atoms with Gasteiger partial charge < -0.3 is 25.7 Å². The van der Waals surface area contributed by atoms with Crippen molar-refractivity contribution in [3.05, 3.63) is 59.2 Å². The van der Waals surface area contributed by atoms with Crippen LogP contribution in [-0.2, 0) is 11.2 Å². The van der Waals surface area contributed by atoms with E-state index in [9.17, 15) is 25.2 Å². The number of aryl methyl sites for hydroxylation is 1. The van der Waals surface area contributed by atoms with Crippen LogP contribution in [0.1, 0.15) is 61.6 Å². The van der Waals surface area contributed by atoms with Crippen LogP contribution in [0.5, 0.6) is 17.2 Å². The van der Waals surface area contributed by atoms with E-state index in [2.05, 4.69) is 18.3 Å². The lowest BCUT2D eigenvalue weighted by Crippen LogP contribution is -2.55. The number of aromatic hydroxyl groups is 3. The Labute approximate surface area is 200 Å². The second-order valence-corrected chi connectivity index (χ2v) is 10.6. The van der Waals surface area contributed by atoms with Gasteiger partial charge in [-0.3, -0.25) is 4.79 Å². The second kappa shape index (κ2) is 8.35. The van der Waals surface area contributed by atoms with Crippen LogP contribution < -0.4 is 5.32 Å². The van der Waals surface area contributed by atoms with Crippen molar-refractivity contribution in [3.63, 3.8) is 0 Å². The van der Waals surface area contributed by atoms with Crippen LogP contribution >= 0.6 is 0 Å². The van der Waals surface area contributed by atoms with Crippen molar-refractivity contribution in [1.29, 1.82) is 0 Å². The highest BCUT2D eigenvalue weighted by Gasteiger charge is 2.61. The first kappa shape index (κ1) is 22.8. The Bertz CT molecular complexity index is 1140. The lowest BCUT2D eigenvalue weighted by atomic mass is 9.53. The van der Waals surface area contributed by atoms with E-state index in [1.54, 1.807) is 18.2 Å². The molecule has 6 heteroatoms. The summed E-state index contributed by atoms with van der Waals surface area (Å²) in [6.07, 6.45) is 8.55. The summed E-state index contributed by atoms with van der Waals surface area (Å²) in [5.41, 5.74) is 2.03. The van der Waals surface area contributed by atoms with Crippen molar-refractivity contribution in [2.75, 3.05) is 6.54 Å². The lowest BCUT2D eigenvalue weighted by Gasteiger charge is -2.53. The number of phenols is 3. The van der Waals surface area contributed by atoms with Gasteiger partial charge in [0.25, 0.3) is 0 Å². The summed E-state index contributed by atoms with van der Waals surface area (Å²) in [4.78, 5) is 12.5. The summed E-state index contributed by atoms with van der Waals surface area (Å²) in [5.74, 6) is 0.993. The molecule has 5 atom stereocenters. The largest absolute Gasteiger partial charge is 0.508 e. The van der Waals surface area contributed by atoms with Crippen LogP contribution in [0.25, 0.3) is 6.08 Å². The van der Waals surface area contributed by atoms with E-state index in [-0.39, 0.29) is 29.4 Å². The van der Waals surface area contributed by atoms with Gasteiger partial charge in [0.1, 0.15) is 5.75 Å². The third-order valence-electron chi connectivity index (χ3n) is 9.01. The molecule has 0 bridgehead atoms. The molecule has 0 radical (unpaired) electrons. The van der Waals surface area contributed by atoms with Crippen LogP contribution in [0, 0.1) is 17.3 Å². The van der Waals surface area contributed by atoms with Crippen LogP contribution in [-0.4, -0.2) is 38.5 Å². The first-order valence-corrected chi connectivity index (χ1v) is 12.2. The minimum Gasteiger partial charge on any atom is -0.508 e. The summed E-state index contributed by atoms with van der Waals surface area (Å²) < 4.78 is 0. The SMILES string of the molecule is C[C@]12CCC3c4ccc(O)cc4CCC3C1CC[C@@]2(O)CNC(=O)/C=C/c1ccc(O)c(O)c1. The number of nitrogens with one attached hydrogen (secondary N) is 1. The van der Waals surface area contributed by atoms with Crippen LogP contribution in [0.15, 0.2) is 42.5 Å². The summed E-state index contributed by atoms with van der Waals surface area (Å²) in [6.45, 7) is 2.42. The standard InChI is InChI=1S/C28H33NO5/c1-27-12-10-21-20-7-5-19(30)15-18(20)4-6-22(21)23(27)11-13-28(27,34)16-29-26(33)9-3-17-2-8-24(31)25(32)14-17/h2-3,5,7-9,14-15,21-23,30-32,34H,4,6,10-13,16H2,1H3,(H,29,33)/b9-3+/t21?,22?,23?,27-,28+/m0/s1. The Morgan fingerprint density at radius 1 is 1.06 bits per heavy atom. The van der Waals surface area contributed by atoms with Crippen molar-refractivity contribution in [3.8, 4) is 17.2 Å². The molecule has 6 nitrogen and oxygen atoms in total. The normalized spacial score (nSPS) is 32.1. The van der Waals surface area contributed by atoms with E-state index in [4.69, 9.17) is 0 Å². The van der Waals surface area contributed by atoms with Gasteiger partial charge >= 0.3 is 0 Å². The number of carbonyl (C=O) groups is 1. The van der Waals surface area contributed by atoms with Gasteiger partial charge in [0, 0.05) is 18.0 Å². The fourth-order valence-corrected chi connectivity index (χ4v) is 7.08. The van der Waals surface area contributed by atoms with Gasteiger partial charge in [-0.15, -0.1) is 0 Å². The molecule has 2 fully saturated rings. The van der Waals surface area contributed by atoms with Gasteiger partial charge in [-0.1, -0.05) is 19.1 Å². The highest BCUT2D eigenvalue weighted by Crippen LogP contribution is 2.64. The Balaban J connectivity index is 1.27. The molecular weight excluding hydrogens is 430 g/mol. The molecule has 0 heterocycles. The molecule has 3 unspecified atom stereocenters. The summed E-state index contributed by atoms with van der Waals surface area (Å²) in [6, 6.07) is 10.2. The Morgan fingerprint density at radius 3 is 2.68 bits per heavy atom. The number of phenolic OH excluding ortho intramolecular Hbond substituents is 3. The molecule has 0 saturated heterocycles. The zero-order valence-electron chi connectivity index (χ0n) is 19.5. The average molecular weight is 464 g/mol. The monoisotopic (exact) mass is 463 g/mol. The fourth-order valence-electron chi connectivity index (χ4n) is 7.08. The molecule has 5 N–H and O–H groups in total. The number of rotatable bonds is 4. The molecule has 2 aromatic rings. The zero-order chi connectivity index (χ0) is 24.1. The van der Waals surface area contributed by atoms with Crippen molar-refractivity contribution < 1.29 is 25.2 Å². The molecule has 34 heavy (non-hydrogen) atoms. The predicted octanol–water partition coefficient (Wildman–Crippen LogP) is 4.22. The van der Waals surface area contributed by atoms with Crippen molar-refractivity contribution in [2.24, 2.45) is 17.3 Å². The number of hydrogen-bond donors (Lipinski definition) is 5. The smallest absolute Gasteiger partial charge is 0.244 e. The minimum atomic E-state index is -0.946. The van der Waals surface area contributed by atoms with E-state index >= 15 is 0 Å². The van der Waals surface area contributed by atoms with Crippen LogP contribution in [0.4, 0.5) is 0 Å². The first-order chi connectivity index (χ1) is 16.2. The molecule has 2 saturated carbocycles. The van der Waals surface area contributed by atoms with Gasteiger partial charge in [-0.2, -0.15) is 0 Å². The number of amides is 1. The lowest BCUT2D eigenvalue weighted by molar-refractivity contribution is -0.123. The van der Waals surface area contributed by atoms with Crippen LogP contribution in [0.3, 0.4) is 0 Å². The van der Waals surface area contributed by atoms with E-state index in [1.807, 2.05) is 6.07 Å². The Morgan fingerprint density at radius 2 is 1.88 bits per heavy atom.